The van der Waals surface area contributed by atoms with Gasteiger partial charge in [-0.05, 0) is 149 Å². The maximum absolute atomic E-state index is 13.6. The van der Waals surface area contributed by atoms with Crippen molar-refractivity contribution < 1.29 is 37.5 Å². The average Bonchev–Trinajstić information content (AvgIpc) is 3.75. The Labute approximate surface area is 430 Å². The van der Waals surface area contributed by atoms with E-state index in [2.05, 4.69) is 5.32 Å². The van der Waals surface area contributed by atoms with Crippen molar-refractivity contribution in [2.24, 2.45) is 28.6 Å². The van der Waals surface area contributed by atoms with Gasteiger partial charge in [0.25, 0.3) is 0 Å². The lowest BCUT2D eigenvalue weighted by Crippen LogP contribution is -2.54. The normalized spacial score (nSPS) is 19.9. The summed E-state index contributed by atoms with van der Waals surface area (Å²) in [6.07, 6.45) is 4.80. The molecule has 5 aromatic rings. The third-order valence-electron chi connectivity index (χ3n) is 13.8. The lowest BCUT2D eigenvalue weighted by molar-refractivity contribution is -0.144. The Morgan fingerprint density at radius 3 is 1.32 bits per heavy atom. The van der Waals surface area contributed by atoms with Crippen LogP contribution in [0.3, 0.4) is 0 Å². The molecule has 4 amide bonds. The molecule has 3 saturated heterocycles. The van der Waals surface area contributed by atoms with Crippen molar-refractivity contribution in [3.63, 3.8) is 0 Å². The summed E-state index contributed by atoms with van der Waals surface area (Å²) in [6.45, 7) is 15.5. The van der Waals surface area contributed by atoms with Crippen LogP contribution in [0.5, 0.6) is 0 Å². The van der Waals surface area contributed by atoms with Crippen LogP contribution in [0.1, 0.15) is 103 Å². The van der Waals surface area contributed by atoms with E-state index in [1.807, 2.05) is 133 Å². The molecule has 0 radical (unpaired) electrons. The van der Waals surface area contributed by atoms with Crippen molar-refractivity contribution >= 4 is 52.3 Å². The van der Waals surface area contributed by atoms with Gasteiger partial charge < -0.3 is 20.0 Å². The number of ketones is 2. The van der Waals surface area contributed by atoms with Gasteiger partial charge in [0, 0.05) is 55.6 Å². The summed E-state index contributed by atoms with van der Waals surface area (Å²) >= 11 is 0. The van der Waals surface area contributed by atoms with Crippen LogP contribution in [0.4, 0.5) is 25.8 Å². The molecule has 3 aliphatic heterocycles. The Kier molecular flexibility index (Phi) is 19.2. The molecule has 0 aromatic heterocycles. The van der Waals surface area contributed by atoms with Gasteiger partial charge in [-0.3, -0.25) is 28.8 Å². The Morgan fingerprint density at radius 2 is 0.932 bits per heavy atom. The number of carbonyl (C=O) groups is 6. The van der Waals surface area contributed by atoms with Gasteiger partial charge in [0.15, 0.2) is 0 Å². The zero-order valence-corrected chi connectivity index (χ0v) is 43.5. The summed E-state index contributed by atoms with van der Waals surface area (Å²) < 4.78 is 26.6. The Hall–Kier alpha value is -6.82. The molecule has 10 nitrogen and oxygen atoms in total. The minimum Gasteiger partial charge on any atom is -0.353 e. The lowest BCUT2D eigenvalue weighted by atomic mass is 9.69. The van der Waals surface area contributed by atoms with Gasteiger partial charge in [-0.1, -0.05) is 106 Å². The molecular formula is C61H72F2N4O6. The highest BCUT2D eigenvalue weighted by molar-refractivity contribution is 6.14. The number of halogens is 2. The van der Waals surface area contributed by atoms with Crippen LogP contribution in [0.15, 0.2) is 133 Å². The number of rotatable bonds is 15. The van der Waals surface area contributed by atoms with E-state index in [9.17, 15) is 37.5 Å². The highest BCUT2D eigenvalue weighted by Gasteiger charge is 2.51. The summed E-state index contributed by atoms with van der Waals surface area (Å²) in [5, 5.41) is 2.81. The van der Waals surface area contributed by atoms with Crippen molar-refractivity contribution in [1.82, 2.24) is 5.32 Å². The Morgan fingerprint density at radius 1 is 0.548 bits per heavy atom. The van der Waals surface area contributed by atoms with Crippen molar-refractivity contribution in [3.05, 3.63) is 162 Å². The molecule has 3 aliphatic rings. The molecule has 3 atom stereocenters. The van der Waals surface area contributed by atoms with Gasteiger partial charge in [0.2, 0.25) is 23.6 Å². The number of amides is 4. The summed E-state index contributed by atoms with van der Waals surface area (Å²) in [7, 11) is 0. The van der Waals surface area contributed by atoms with Crippen LogP contribution in [-0.2, 0) is 41.6 Å². The molecule has 1 unspecified atom stereocenters. The average molecular weight is 995 g/mol. The number of nitrogens with one attached hydrogen (secondary N) is 1. The maximum Gasteiger partial charge on any atom is 0.241 e. The summed E-state index contributed by atoms with van der Waals surface area (Å²) in [6, 6.07) is 39.2. The van der Waals surface area contributed by atoms with Gasteiger partial charge in [-0.2, -0.15) is 0 Å². The monoisotopic (exact) mass is 995 g/mol. The third-order valence-corrected chi connectivity index (χ3v) is 13.8. The van der Waals surface area contributed by atoms with Crippen LogP contribution in [0.2, 0.25) is 0 Å². The van der Waals surface area contributed by atoms with E-state index in [1.54, 1.807) is 39.0 Å². The number of aryl methyl sites for hydroxylation is 1. The van der Waals surface area contributed by atoms with E-state index in [-0.39, 0.29) is 64.7 Å². The SMILES string of the molecule is CC(C)CC(=O)[C@@]1(Cc2ccccc2)CCCN(c2ccc(F)cc2)C1=O.CC(C)CC(=O)[C@]1(Cc2ccccc2)CCCN(c2ccc(F)cc2)C1=O.Cc1ccc(N2CCC(C(=O)NC(C)C)C2=O)cc1. The molecule has 0 bridgehead atoms. The Bertz CT molecular complexity index is 2520. The minimum atomic E-state index is -1.04. The summed E-state index contributed by atoms with van der Waals surface area (Å²) in [4.78, 5) is 82.9. The van der Waals surface area contributed by atoms with Gasteiger partial charge in [-0.15, -0.1) is 0 Å². The van der Waals surface area contributed by atoms with E-state index >= 15 is 0 Å². The fourth-order valence-electron chi connectivity index (χ4n) is 10.1. The molecule has 0 aliphatic carbocycles. The number of benzene rings is 5. The molecule has 5 aromatic carbocycles. The smallest absolute Gasteiger partial charge is 0.241 e. The van der Waals surface area contributed by atoms with E-state index in [0.29, 0.717) is 76.0 Å². The molecule has 0 spiro atoms. The molecule has 0 saturated carbocycles. The van der Waals surface area contributed by atoms with Gasteiger partial charge >= 0.3 is 0 Å². The molecule has 73 heavy (non-hydrogen) atoms. The van der Waals surface area contributed by atoms with Crippen LogP contribution in [0, 0.1) is 47.1 Å². The quantitative estimate of drug-likeness (QED) is 0.104. The highest BCUT2D eigenvalue weighted by atomic mass is 19.1. The van der Waals surface area contributed by atoms with E-state index in [1.165, 1.54) is 24.3 Å². The lowest BCUT2D eigenvalue weighted by Gasteiger charge is -2.41. The second-order valence-corrected chi connectivity index (χ2v) is 20.9. The van der Waals surface area contributed by atoms with Gasteiger partial charge in [-0.25, -0.2) is 8.78 Å². The van der Waals surface area contributed by atoms with Crippen LogP contribution >= 0.6 is 0 Å². The summed E-state index contributed by atoms with van der Waals surface area (Å²) in [5.41, 5.74) is 3.22. The number of nitrogens with zero attached hydrogens (tertiary/aromatic N) is 3. The van der Waals surface area contributed by atoms with Crippen LogP contribution in [-0.4, -0.2) is 60.9 Å². The maximum atomic E-state index is 13.6. The van der Waals surface area contributed by atoms with Crippen molar-refractivity contribution in [2.45, 2.75) is 112 Å². The second-order valence-electron chi connectivity index (χ2n) is 20.9. The Balaban J connectivity index is 0.000000182. The number of Topliss-reactive ketones (excluding diaryl/α,β-unsaturated/α-hetero) is 2. The van der Waals surface area contributed by atoms with Crippen molar-refractivity contribution in [3.8, 4) is 0 Å². The van der Waals surface area contributed by atoms with Gasteiger partial charge in [0.1, 0.15) is 39.9 Å². The molecule has 3 fully saturated rings. The summed E-state index contributed by atoms with van der Waals surface area (Å²) in [5.74, 6) is -1.37. The minimum absolute atomic E-state index is 0.0122. The van der Waals surface area contributed by atoms with Crippen LogP contribution in [0.25, 0.3) is 0 Å². The first-order valence-corrected chi connectivity index (χ1v) is 25.8. The molecule has 8 rings (SSSR count). The number of carbonyl (C=O) groups excluding carboxylic acids is 6. The number of hydrogen-bond donors (Lipinski definition) is 1. The molecule has 3 heterocycles. The van der Waals surface area contributed by atoms with Crippen molar-refractivity contribution in [1.29, 1.82) is 0 Å². The predicted molar refractivity (Wildman–Crippen MR) is 285 cm³/mol. The molecule has 1 N–H and O–H groups in total. The van der Waals surface area contributed by atoms with E-state index in [0.717, 1.165) is 35.2 Å². The fraction of sp³-hybridized carbons (Fsp3) is 0.410. The van der Waals surface area contributed by atoms with Gasteiger partial charge in [0.05, 0.1) is 0 Å². The molecular weight excluding hydrogens is 923 g/mol. The third kappa shape index (κ3) is 14.0. The zero-order valence-electron chi connectivity index (χ0n) is 43.5. The number of piperidine rings is 2. The highest BCUT2D eigenvalue weighted by Crippen LogP contribution is 2.41. The fourth-order valence-corrected chi connectivity index (χ4v) is 10.1. The first-order chi connectivity index (χ1) is 34.8. The van der Waals surface area contributed by atoms with Crippen molar-refractivity contribution in [2.75, 3.05) is 34.3 Å². The first-order valence-electron chi connectivity index (χ1n) is 25.8. The van der Waals surface area contributed by atoms with Crippen LogP contribution < -0.4 is 20.0 Å². The first kappa shape index (κ1) is 55.5. The topological polar surface area (TPSA) is 124 Å². The zero-order chi connectivity index (χ0) is 52.9. The van der Waals surface area contributed by atoms with E-state index in [4.69, 9.17) is 0 Å². The van der Waals surface area contributed by atoms with E-state index < -0.39 is 16.7 Å². The molecule has 386 valence electrons. The predicted octanol–water partition coefficient (Wildman–Crippen LogP) is 11.5. The standard InChI is InChI=1S/2C23H26FNO2.C15H20N2O2/c2*1-17(2)15-21(26)23(16-18-7-4-3-5-8-18)13-6-14-25(22(23)27)20-11-9-19(24)10-12-20;1-10(2)16-14(18)13-8-9-17(15(13)19)12-6-4-11(3)5-7-12/h2*3-5,7-12,17H,6,13-16H2,1-2H3;4-7,10,13H,8-9H2,1-3H3,(H,16,18)/t2*23-;/m10./s1. The second kappa shape index (κ2) is 25.2. The number of hydrogen-bond acceptors (Lipinski definition) is 6. The largest absolute Gasteiger partial charge is 0.353 e. The number of anilines is 3. The molecule has 12 heteroatoms.